The van der Waals surface area contributed by atoms with E-state index in [1.54, 1.807) is 6.08 Å². The molecule has 21 heavy (non-hydrogen) atoms. The summed E-state index contributed by atoms with van der Waals surface area (Å²) >= 11 is 0. The Bertz CT molecular complexity index is 771. The van der Waals surface area contributed by atoms with Crippen molar-refractivity contribution in [3.63, 3.8) is 0 Å². The Morgan fingerprint density at radius 1 is 0.952 bits per heavy atom. The highest BCUT2D eigenvalue weighted by Crippen LogP contribution is 2.34. The zero-order valence-electron chi connectivity index (χ0n) is 11.5. The molecule has 102 valence electrons. The van der Waals surface area contributed by atoms with Crippen LogP contribution < -0.4 is 0 Å². The summed E-state index contributed by atoms with van der Waals surface area (Å²) in [6.45, 7) is 7.63. The summed E-state index contributed by atoms with van der Waals surface area (Å²) in [5.41, 5.74) is 5.06. The molecular formula is C18H14N2O. The maximum atomic E-state index is 5.38. The maximum Gasteiger partial charge on any atom is 0.248 e. The number of hydrogen-bond acceptors (Lipinski definition) is 3. The molecule has 3 aromatic rings. The van der Waals surface area contributed by atoms with Crippen molar-refractivity contribution in [2.75, 3.05) is 0 Å². The van der Waals surface area contributed by atoms with Crippen LogP contribution in [0.5, 0.6) is 0 Å². The van der Waals surface area contributed by atoms with Crippen molar-refractivity contribution in [1.82, 2.24) is 10.2 Å². The van der Waals surface area contributed by atoms with Crippen molar-refractivity contribution >= 4 is 12.2 Å². The number of hydrogen-bond donors (Lipinski definition) is 0. The van der Waals surface area contributed by atoms with Crippen LogP contribution in [-0.2, 0) is 0 Å². The summed E-state index contributed by atoms with van der Waals surface area (Å²) in [6.07, 6.45) is 4.95. The zero-order valence-corrected chi connectivity index (χ0v) is 11.5. The van der Waals surface area contributed by atoms with E-state index in [4.69, 9.17) is 4.42 Å². The minimum Gasteiger partial charge on any atom is -0.423 e. The fourth-order valence-electron chi connectivity index (χ4n) is 2.30. The van der Waals surface area contributed by atoms with Gasteiger partial charge in [-0.3, -0.25) is 0 Å². The molecule has 0 aliphatic heterocycles. The summed E-state index contributed by atoms with van der Waals surface area (Å²) in [5.74, 6) is 0.494. The fourth-order valence-corrected chi connectivity index (χ4v) is 2.30. The van der Waals surface area contributed by atoms with Crippen LogP contribution in [0, 0.1) is 0 Å². The zero-order chi connectivity index (χ0) is 14.7. The summed E-state index contributed by atoms with van der Waals surface area (Å²) in [4.78, 5) is 0. The molecular weight excluding hydrogens is 260 g/mol. The molecule has 2 aromatic carbocycles. The predicted molar refractivity (Wildman–Crippen MR) is 85.4 cm³/mol. The highest BCUT2D eigenvalue weighted by Gasteiger charge is 2.14. The van der Waals surface area contributed by atoms with Crippen LogP contribution in [0.15, 0.2) is 66.4 Å². The third-order valence-electron chi connectivity index (χ3n) is 3.35. The molecule has 0 saturated heterocycles. The first-order valence-electron chi connectivity index (χ1n) is 6.58. The molecule has 0 amide bonds. The van der Waals surface area contributed by atoms with Crippen LogP contribution in [0.3, 0.4) is 0 Å². The van der Waals surface area contributed by atoms with Gasteiger partial charge in [0.1, 0.15) is 0 Å². The van der Waals surface area contributed by atoms with Gasteiger partial charge >= 0.3 is 0 Å². The Kier molecular flexibility index (Phi) is 3.48. The Labute approximate surface area is 123 Å². The van der Waals surface area contributed by atoms with E-state index in [2.05, 4.69) is 35.5 Å². The second-order valence-electron chi connectivity index (χ2n) is 4.54. The standard InChI is InChI=1S/C18H14N2O/c1-3-13-8-10-15(11-9-13)16-7-5-6-14(4-2)17(16)18-20-19-12-21-18/h3-12H,1-2H2. The maximum absolute atomic E-state index is 5.38. The normalized spacial score (nSPS) is 10.3. The summed E-state index contributed by atoms with van der Waals surface area (Å²) in [7, 11) is 0. The van der Waals surface area contributed by atoms with E-state index in [0.29, 0.717) is 5.89 Å². The Balaban J connectivity index is 2.22. The topological polar surface area (TPSA) is 38.9 Å². The van der Waals surface area contributed by atoms with Crippen molar-refractivity contribution in [3.8, 4) is 22.6 Å². The lowest BCUT2D eigenvalue weighted by molar-refractivity contribution is 0.569. The van der Waals surface area contributed by atoms with Gasteiger partial charge in [0.2, 0.25) is 12.3 Å². The predicted octanol–water partition coefficient (Wildman–Crippen LogP) is 4.69. The van der Waals surface area contributed by atoms with Crippen molar-refractivity contribution in [1.29, 1.82) is 0 Å². The summed E-state index contributed by atoms with van der Waals surface area (Å²) < 4.78 is 5.38. The Hall–Kier alpha value is -2.94. The molecule has 3 heteroatoms. The molecule has 3 nitrogen and oxygen atoms in total. The first-order chi connectivity index (χ1) is 10.3. The fraction of sp³-hybridized carbons (Fsp3) is 0. The van der Waals surface area contributed by atoms with Gasteiger partial charge in [0.15, 0.2) is 0 Å². The van der Waals surface area contributed by atoms with E-state index < -0.39 is 0 Å². The number of aromatic nitrogens is 2. The van der Waals surface area contributed by atoms with Gasteiger partial charge in [0, 0.05) is 0 Å². The van der Waals surface area contributed by atoms with Gasteiger partial charge in [-0.15, -0.1) is 10.2 Å². The summed E-state index contributed by atoms with van der Waals surface area (Å²) in [6, 6.07) is 14.2. The lowest BCUT2D eigenvalue weighted by atomic mass is 9.94. The van der Waals surface area contributed by atoms with Gasteiger partial charge in [-0.1, -0.05) is 67.8 Å². The third-order valence-corrected chi connectivity index (χ3v) is 3.35. The largest absolute Gasteiger partial charge is 0.423 e. The van der Waals surface area contributed by atoms with E-state index in [1.807, 2.05) is 36.4 Å². The molecule has 0 saturated carbocycles. The van der Waals surface area contributed by atoms with Crippen LogP contribution in [0.1, 0.15) is 11.1 Å². The molecule has 0 radical (unpaired) electrons. The Morgan fingerprint density at radius 3 is 2.38 bits per heavy atom. The van der Waals surface area contributed by atoms with Gasteiger partial charge in [-0.05, 0) is 22.3 Å². The lowest BCUT2D eigenvalue weighted by Crippen LogP contribution is -1.90. The van der Waals surface area contributed by atoms with Crippen molar-refractivity contribution in [2.24, 2.45) is 0 Å². The van der Waals surface area contributed by atoms with Crippen molar-refractivity contribution in [3.05, 3.63) is 73.1 Å². The van der Waals surface area contributed by atoms with Gasteiger partial charge in [-0.25, -0.2) is 0 Å². The van der Waals surface area contributed by atoms with Crippen LogP contribution in [0.25, 0.3) is 34.7 Å². The number of benzene rings is 2. The average Bonchev–Trinajstić information content (AvgIpc) is 3.08. The SMILES string of the molecule is C=Cc1ccc(-c2cccc(C=C)c2-c2nnco2)cc1. The monoisotopic (exact) mass is 274 g/mol. The first kappa shape index (κ1) is 13.1. The number of rotatable bonds is 4. The molecule has 3 rings (SSSR count). The molecule has 1 heterocycles. The van der Waals surface area contributed by atoms with E-state index in [1.165, 1.54) is 6.39 Å². The highest BCUT2D eigenvalue weighted by molar-refractivity contribution is 5.86. The van der Waals surface area contributed by atoms with Crippen LogP contribution >= 0.6 is 0 Å². The molecule has 1 aromatic heterocycles. The van der Waals surface area contributed by atoms with Gasteiger partial charge < -0.3 is 4.42 Å². The number of nitrogens with zero attached hydrogens (tertiary/aromatic N) is 2. The molecule has 0 aliphatic carbocycles. The molecule has 0 unspecified atom stereocenters. The minimum absolute atomic E-state index is 0.494. The molecule has 0 atom stereocenters. The highest BCUT2D eigenvalue weighted by atomic mass is 16.4. The van der Waals surface area contributed by atoms with E-state index in [9.17, 15) is 0 Å². The molecule has 0 bridgehead atoms. The van der Waals surface area contributed by atoms with Crippen LogP contribution in [-0.4, -0.2) is 10.2 Å². The first-order valence-corrected chi connectivity index (χ1v) is 6.58. The smallest absolute Gasteiger partial charge is 0.248 e. The molecule has 0 spiro atoms. The third kappa shape index (κ3) is 2.41. The van der Waals surface area contributed by atoms with E-state index in [0.717, 1.165) is 27.8 Å². The second kappa shape index (κ2) is 5.59. The molecule has 0 aliphatic rings. The lowest BCUT2D eigenvalue weighted by Gasteiger charge is -2.10. The van der Waals surface area contributed by atoms with Gasteiger partial charge in [-0.2, -0.15) is 0 Å². The van der Waals surface area contributed by atoms with E-state index >= 15 is 0 Å². The van der Waals surface area contributed by atoms with Crippen LogP contribution in [0.2, 0.25) is 0 Å². The Morgan fingerprint density at radius 2 is 1.76 bits per heavy atom. The van der Waals surface area contributed by atoms with Crippen molar-refractivity contribution in [2.45, 2.75) is 0 Å². The second-order valence-corrected chi connectivity index (χ2v) is 4.54. The van der Waals surface area contributed by atoms with Gasteiger partial charge in [0.25, 0.3) is 0 Å². The summed E-state index contributed by atoms with van der Waals surface area (Å²) in [5, 5.41) is 7.81. The molecule has 0 N–H and O–H groups in total. The quantitative estimate of drug-likeness (QED) is 0.692. The van der Waals surface area contributed by atoms with Crippen LogP contribution in [0.4, 0.5) is 0 Å². The van der Waals surface area contributed by atoms with Gasteiger partial charge in [0.05, 0.1) is 5.56 Å². The molecule has 0 fully saturated rings. The minimum atomic E-state index is 0.494. The average molecular weight is 274 g/mol. The van der Waals surface area contributed by atoms with E-state index in [-0.39, 0.29) is 0 Å². The van der Waals surface area contributed by atoms with Crippen molar-refractivity contribution < 1.29 is 4.42 Å².